The van der Waals surface area contributed by atoms with Crippen molar-refractivity contribution >= 4 is 5.96 Å². The van der Waals surface area contributed by atoms with Gasteiger partial charge in [0, 0.05) is 31.5 Å². The van der Waals surface area contributed by atoms with Gasteiger partial charge in [0.25, 0.3) is 0 Å². The number of guanidine groups is 1. The first-order chi connectivity index (χ1) is 12.3. The van der Waals surface area contributed by atoms with Gasteiger partial charge in [-0.05, 0) is 25.0 Å². The van der Waals surface area contributed by atoms with Crippen LogP contribution < -0.4 is 15.8 Å². The van der Waals surface area contributed by atoms with Gasteiger partial charge in [-0.1, -0.05) is 36.4 Å². The molecule has 0 saturated carbocycles. The number of ether oxygens (including phenoxy) is 2. The van der Waals surface area contributed by atoms with Gasteiger partial charge in [0.15, 0.2) is 5.96 Å². The number of hydrogen-bond donors (Lipinski definition) is 2. The Kier molecular flexibility index (Phi) is 8.27. The number of nitrogens with zero attached hydrogens (tertiary/aromatic N) is 2. The van der Waals surface area contributed by atoms with Crippen LogP contribution >= 0.6 is 0 Å². The third-order valence-corrected chi connectivity index (χ3v) is 3.46. The lowest BCUT2D eigenvalue weighted by atomic mass is 10.2. The van der Waals surface area contributed by atoms with Crippen LogP contribution in [-0.4, -0.2) is 30.7 Å². The van der Waals surface area contributed by atoms with Crippen LogP contribution in [0, 0.1) is 0 Å². The van der Waals surface area contributed by atoms with Crippen molar-refractivity contribution in [1.82, 2.24) is 10.3 Å². The maximum atomic E-state index is 5.89. The molecule has 1 heterocycles. The molecular weight excluding hydrogens is 316 g/mol. The molecule has 3 N–H and O–H groups in total. The normalized spacial score (nSPS) is 11.3. The van der Waals surface area contributed by atoms with Crippen molar-refractivity contribution < 1.29 is 9.47 Å². The molecule has 0 amide bonds. The minimum atomic E-state index is 0.411. The molecule has 134 valence electrons. The highest BCUT2D eigenvalue weighted by molar-refractivity contribution is 5.77. The van der Waals surface area contributed by atoms with Crippen LogP contribution in [0.15, 0.2) is 53.7 Å². The molecule has 0 aliphatic carbocycles. The Bertz CT molecular complexity index is 647. The summed E-state index contributed by atoms with van der Waals surface area (Å²) in [6.07, 6.45) is 2.60. The summed E-state index contributed by atoms with van der Waals surface area (Å²) in [5.41, 5.74) is 7.88. The fraction of sp³-hybridized carbons (Fsp3) is 0.368. The number of rotatable bonds is 10. The summed E-state index contributed by atoms with van der Waals surface area (Å²) in [5.74, 6) is 0.994. The number of pyridine rings is 1. The highest BCUT2D eigenvalue weighted by Gasteiger charge is 2.05. The van der Waals surface area contributed by atoms with E-state index in [-0.39, 0.29) is 0 Å². The highest BCUT2D eigenvalue weighted by Crippen LogP contribution is 2.17. The van der Waals surface area contributed by atoms with Crippen LogP contribution in [0.25, 0.3) is 0 Å². The zero-order chi connectivity index (χ0) is 17.7. The zero-order valence-corrected chi connectivity index (χ0v) is 14.6. The first-order valence-corrected chi connectivity index (χ1v) is 8.51. The molecule has 0 aliphatic heterocycles. The molecule has 1 aromatic heterocycles. The SMILES string of the molecule is CCOCCCNC(N)=NCc1cccnc1OCc1ccccc1. The van der Waals surface area contributed by atoms with Crippen molar-refractivity contribution in [2.24, 2.45) is 10.7 Å². The van der Waals surface area contributed by atoms with Crippen LogP contribution in [0.3, 0.4) is 0 Å². The lowest BCUT2D eigenvalue weighted by molar-refractivity contribution is 0.145. The number of benzene rings is 1. The number of aliphatic imine (C=N–C) groups is 1. The van der Waals surface area contributed by atoms with Gasteiger partial charge in [0.1, 0.15) is 6.61 Å². The topological polar surface area (TPSA) is 81.8 Å². The number of nitrogens with one attached hydrogen (secondary N) is 1. The Morgan fingerprint density at radius 3 is 2.84 bits per heavy atom. The Morgan fingerprint density at radius 1 is 1.20 bits per heavy atom. The summed E-state index contributed by atoms with van der Waals surface area (Å²) in [6, 6.07) is 13.8. The predicted molar refractivity (Wildman–Crippen MR) is 99.5 cm³/mol. The average molecular weight is 342 g/mol. The Labute approximate surface area is 149 Å². The van der Waals surface area contributed by atoms with Crippen LogP contribution in [0.2, 0.25) is 0 Å². The maximum Gasteiger partial charge on any atom is 0.218 e. The molecule has 0 saturated heterocycles. The maximum absolute atomic E-state index is 5.89. The minimum Gasteiger partial charge on any atom is -0.473 e. The van der Waals surface area contributed by atoms with E-state index in [1.807, 2.05) is 49.4 Å². The molecule has 2 rings (SSSR count). The Hall–Kier alpha value is -2.60. The van der Waals surface area contributed by atoms with E-state index in [1.54, 1.807) is 6.20 Å². The van der Waals surface area contributed by atoms with Gasteiger partial charge in [0.05, 0.1) is 6.54 Å². The van der Waals surface area contributed by atoms with E-state index in [0.29, 0.717) is 25.0 Å². The van der Waals surface area contributed by atoms with Gasteiger partial charge in [-0.2, -0.15) is 0 Å². The molecule has 0 atom stereocenters. The number of aromatic nitrogens is 1. The molecule has 2 aromatic rings. The fourth-order valence-electron chi connectivity index (χ4n) is 2.16. The van der Waals surface area contributed by atoms with Gasteiger partial charge in [-0.3, -0.25) is 0 Å². The molecule has 1 aromatic carbocycles. The second-order valence-electron chi connectivity index (χ2n) is 5.42. The standard InChI is InChI=1S/C19H26N4O2/c1-2-24-13-7-12-22-19(20)23-14-17-10-6-11-21-18(17)25-15-16-8-4-3-5-9-16/h3-6,8-11H,2,7,12-15H2,1H3,(H3,20,22,23). The Morgan fingerprint density at radius 2 is 2.04 bits per heavy atom. The lowest BCUT2D eigenvalue weighted by Gasteiger charge is -2.10. The van der Waals surface area contributed by atoms with Crippen molar-refractivity contribution in [2.75, 3.05) is 19.8 Å². The molecule has 6 heteroatoms. The van der Waals surface area contributed by atoms with E-state index in [9.17, 15) is 0 Å². The first-order valence-electron chi connectivity index (χ1n) is 8.51. The van der Waals surface area contributed by atoms with Crippen LogP contribution in [-0.2, 0) is 17.9 Å². The molecule has 0 bridgehead atoms. The quantitative estimate of drug-likeness (QED) is 0.394. The van der Waals surface area contributed by atoms with Gasteiger partial charge in [-0.15, -0.1) is 0 Å². The van der Waals surface area contributed by atoms with Crippen molar-refractivity contribution in [2.45, 2.75) is 26.5 Å². The van der Waals surface area contributed by atoms with Gasteiger partial charge >= 0.3 is 0 Å². The lowest BCUT2D eigenvalue weighted by Crippen LogP contribution is -2.32. The summed E-state index contributed by atoms with van der Waals surface area (Å²) in [6.45, 7) is 5.06. The molecular formula is C19H26N4O2. The summed E-state index contributed by atoms with van der Waals surface area (Å²) < 4.78 is 11.1. The second kappa shape index (κ2) is 11.0. The van der Waals surface area contributed by atoms with Crippen molar-refractivity contribution in [3.63, 3.8) is 0 Å². The van der Waals surface area contributed by atoms with Crippen molar-refractivity contribution in [3.05, 3.63) is 59.8 Å². The van der Waals surface area contributed by atoms with Crippen LogP contribution in [0.5, 0.6) is 5.88 Å². The molecule has 0 radical (unpaired) electrons. The van der Waals surface area contributed by atoms with E-state index < -0.39 is 0 Å². The number of nitrogens with two attached hydrogens (primary N) is 1. The van der Waals surface area contributed by atoms with E-state index in [0.717, 1.165) is 37.3 Å². The summed E-state index contributed by atoms with van der Waals surface area (Å²) in [4.78, 5) is 8.65. The third kappa shape index (κ3) is 7.22. The minimum absolute atomic E-state index is 0.411. The number of hydrogen-bond acceptors (Lipinski definition) is 4. The highest BCUT2D eigenvalue weighted by atomic mass is 16.5. The predicted octanol–water partition coefficient (Wildman–Crippen LogP) is 2.49. The largest absolute Gasteiger partial charge is 0.473 e. The molecule has 0 unspecified atom stereocenters. The summed E-state index contributed by atoms with van der Waals surface area (Å²) >= 11 is 0. The van der Waals surface area contributed by atoms with Crippen LogP contribution in [0.1, 0.15) is 24.5 Å². The van der Waals surface area contributed by atoms with Gasteiger partial charge in [0.2, 0.25) is 5.88 Å². The van der Waals surface area contributed by atoms with Crippen LogP contribution in [0.4, 0.5) is 0 Å². The van der Waals surface area contributed by atoms with Crippen molar-refractivity contribution in [3.8, 4) is 5.88 Å². The molecule has 0 aliphatic rings. The Balaban J connectivity index is 1.84. The average Bonchev–Trinajstić information content (AvgIpc) is 2.66. The van der Waals surface area contributed by atoms with Gasteiger partial charge < -0.3 is 20.5 Å². The zero-order valence-electron chi connectivity index (χ0n) is 14.6. The van der Waals surface area contributed by atoms with E-state index in [1.165, 1.54) is 0 Å². The smallest absolute Gasteiger partial charge is 0.218 e. The van der Waals surface area contributed by atoms with Gasteiger partial charge in [-0.25, -0.2) is 9.98 Å². The summed E-state index contributed by atoms with van der Waals surface area (Å²) in [5, 5.41) is 3.08. The van der Waals surface area contributed by atoms with E-state index in [2.05, 4.69) is 15.3 Å². The molecule has 25 heavy (non-hydrogen) atoms. The molecule has 0 spiro atoms. The fourth-order valence-corrected chi connectivity index (χ4v) is 2.16. The first kappa shape index (κ1) is 18.7. The molecule has 6 nitrogen and oxygen atoms in total. The van der Waals surface area contributed by atoms with E-state index in [4.69, 9.17) is 15.2 Å². The summed E-state index contributed by atoms with van der Waals surface area (Å²) in [7, 11) is 0. The monoisotopic (exact) mass is 342 g/mol. The van der Waals surface area contributed by atoms with E-state index >= 15 is 0 Å². The third-order valence-electron chi connectivity index (χ3n) is 3.46. The second-order valence-corrected chi connectivity index (χ2v) is 5.42. The molecule has 0 fully saturated rings. The van der Waals surface area contributed by atoms with Crippen molar-refractivity contribution in [1.29, 1.82) is 0 Å².